The van der Waals surface area contributed by atoms with Gasteiger partial charge in [0.2, 0.25) is 0 Å². The Bertz CT molecular complexity index is 1020. The summed E-state index contributed by atoms with van der Waals surface area (Å²) in [6.07, 6.45) is 3.26. The molecule has 3 aromatic rings. The van der Waals surface area contributed by atoms with E-state index in [9.17, 15) is 9.18 Å². The SMILES string of the molecule is CN1CCCC(n2nc(Cc3ccccc3F)c3ccccc3c2=O)CC1.O.O. The maximum Gasteiger partial charge on any atom is 0.274 e. The number of hydrogen-bond acceptors (Lipinski definition) is 3. The highest BCUT2D eigenvalue weighted by Gasteiger charge is 2.21. The van der Waals surface area contributed by atoms with Crippen molar-refractivity contribution in [2.45, 2.75) is 31.7 Å². The molecule has 1 saturated heterocycles. The highest BCUT2D eigenvalue weighted by molar-refractivity contribution is 5.83. The van der Waals surface area contributed by atoms with E-state index in [2.05, 4.69) is 11.9 Å². The number of nitrogens with zero attached hydrogens (tertiary/aromatic N) is 3. The molecule has 1 aliphatic rings. The van der Waals surface area contributed by atoms with Gasteiger partial charge in [0.15, 0.2) is 0 Å². The third-order valence-electron chi connectivity index (χ3n) is 5.49. The topological polar surface area (TPSA) is 101 Å². The van der Waals surface area contributed by atoms with E-state index in [4.69, 9.17) is 5.10 Å². The monoisotopic (exact) mass is 401 g/mol. The zero-order valence-electron chi connectivity index (χ0n) is 16.6. The van der Waals surface area contributed by atoms with Crippen molar-refractivity contribution in [1.29, 1.82) is 0 Å². The van der Waals surface area contributed by atoms with Crippen molar-refractivity contribution in [2.24, 2.45) is 0 Å². The van der Waals surface area contributed by atoms with Crippen molar-refractivity contribution in [3.63, 3.8) is 0 Å². The summed E-state index contributed by atoms with van der Waals surface area (Å²) in [7, 11) is 2.11. The van der Waals surface area contributed by atoms with Gasteiger partial charge in [-0.05, 0) is 57.1 Å². The van der Waals surface area contributed by atoms with E-state index in [1.165, 1.54) is 6.07 Å². The summed E-state index contributed by atoms with van der Waals surface area (Å²) in [5.74, 6) is -0.239. The van der Waals surface area contributed by atoms with Crippen molar-refractivity contribution in [3.8, 4) is 0 Å². The Balaban J connectivity index is 0.00000150. The first-order valence-corrected chi connectivity index (χ1v) is 9.56. The predicted molar refractivity (Wildman–Crippen MR) is 113 cm³/mol. The second-order valence-electron chi connectivity index (χ2n) is 7.40. The minimum atomic E-state index is -0.239. The molecule has 1 unspecified atom stereocenters. The fraction of sp³-hybridized carbons (Fsp3) is 0.364. The smallest absolute Gasteiger partial charge is 0.274 e. The Hall–Kier alpha value is -2.61. The van der Waals surface area contributed by atoms with E-state index < -0.39 is 0 Å². The zero-order chi connectivity index (χ0) is 18.8. The van der Waals surface area contributed by atoms with Gasteiger partial charge in [0.05, 0.1) is 17.1 Å². The summed E-state index contributed by atoms with van der Waals surface area (Å²) < 4.78 is 15.9. The lowest BCUT2D eigenvalue weighted by Gasteiger charge is -2.19. The highest BCUT2D eigenvalue weighted by atomic mass is 19.1. The van der Waals surface area contributed by atoms with Crippen molar-refractivity contribution in [1.82, 2.24) is 14.7 Å². The Morgan fingerprint density at radius 1 is 1.00 bits per heavy atom. The summed E-state index contributed by atoms with van der Waals surface area (Å²) in [6, 6.07) is 14.4. The minimum absolute atomic E-state index is 0. The fourth-order valence-corrected chi connectivity index (χ4v) is 3.94. The normalized spacial score (nSPS) is 17.2. The Labute approximate surface area is 169 Å². The maximum absolute atomic E-state index is 14.2. The summed E-state index contributed by atoms with van der Waals surface area (Å²) in [5, 5.41) is 6.22. The number of benzene rings is 2. The van der Waals surface area contributed by atoms with Crippen LogP contribution in [0.4, 0.5) is 4.39 Å². The van der Waals surface area contributed by atoms with Crippen molar-refractivity contribution >= 4 is 10.8 Å². The van der Waals surface area contributed by atoms with Gasteiger partial charge in [-0.25, -0.2) is 9.07 Å². The molecule has 2 aromatic carbocycles. The molecular weight excluding hydrogens is 373 g/mol. The molecule has 7 heteroatoms. The summed E-state index contributed by atoms with van der Waals surface area (Å²) in [5.41, 5.74) is 1.31. The first-order chi connectivity index (χ1) is 13.1. The van der Waals surface area contributed by atoms with Gasteiger partial charge in [-0.1, -0.05) is 36.4 Å². The van der Waals surface area contributed by atoms with Crippen LogP contribution in [-0.2, 0) is 6.42 Å². The van der Waals surface area contributed by atoms with Crippen LogP contribution in [0, 0.1) is 5.82 Å². The van der Waals surface area contributed by atoms with E-state index in [1.807, 2.05) is 30.3 Å². The first-order valence-electron chi connectivity index (χ1n) is 9.56. The average Bonchev–Trinajstić information content (AvgIpc) is 2.90. The Morgan fingerprint density at radius 2 is 1.69 bits per heavy atom. The third kappa shape index (κ3) is 4.70. The first kappa shape index (κ1) is 22.7. The number of likely N-dealkylation sites (tertiary alicyclic amines) is 1. The van der Waals surface area contributed by atoms with Gasteiger partial charge in [-0.3, -0.25) is 4.79 Å². The molecule has 6 nitrogen and oxygen atoms in total. The number of rotatable bonds is 3. The summed E-state index contributed by atoms with van der Waals surface area (Å²) in [6.45, 7) is 2.00. The van der Waals surface area contributed by atoms with Crippen LogP contribution in [0.1, 0.15) is 36.6 Å². The lowest BCUT2D eigenvalue weighted by Crippen LogP contribution is -2.29. The van der Waals surface area contributed by atoms with Crippen molar-refractivity contribution in [3.05, 3.63) is 76.0 Å². The van der Waals surface area contributed by atoms with Gasteiger partial charge >= 0.3 is 0 Å². The highest BCUT2D eigenvalue weighted by Crippen LogP contribution is 2.23. The Kier molecular flexibility index (Phi) is 7.61. The van der Waals surface area contributed by atoms with Crippen LogP contribution < -0.4 is 5.56 Å². The van der Waals surface area contributed by atoms with E-state index >= 15 is 0 Å². The summed E-state index contributed by atoms with van der Waals surface area (Å²) in [4.78, 5) is 15.4. The molecule has 29 heavy (non-hydrogen) atoms. The summed E-state index contributed by atoms with van der Waals surface area (Å²) >= 11 is 0. The molecule has 4 rings (SSSR count). The molecule has 1 fully saturated rings. The van der Waals surface area contributed by atoms with E-state index in [-0.39, 0.29) is 28.4 Å². The molecule has 1 aliphatic heterocycles. The van der Waals surface area contributed by atoms with Gasteiger partial charge < -0.3 is 15.9 Å². The molecular formula is C22H28FN3O3. The molecule has 0 amide bonds. The van der Waals surface area contributed by atoms with Gasteiger partial charge in [0.25, 0.3) is 5.56 Å². The second-order valence-corrected chi connectivity index (χ2v) is 7.40. The standard InChI is InChI=1S/C22H24FN3O.2H2O/c1-25-13-6-8-17(12-14-25)26-22(27)19-10-4-3-9-18(19)21(24-26)15-16-7-2-5-11-20(16)23;;/h2-5,7,9-11,17H,6,8,12-15H2,1H3;2*1H2. The molecule has 0 aliphatic carbocycles. The molecule has 1 atom stereocenters. The number of halogens is 1. The molecule has 156 valence electrons. The van der Waals surface area contributed by atoms with Gasteiger partial charge in [-0.15, -0.1) is 0 Å². The van der Waals surface area contributed by atoms with Crippen LogP contribution in [0.15, 0.2) is 53.3 Å². The number of fused-ring (bicyclic) bond motifs is 1. The molecule has 0 saturated carbocycles. The molecule has 0 radical (unpaired) electrons. The third-order valence-corrected chi connectivity index (χ3v) is 5.49. The minimum Gasteiger partial charge on any atom is -0.412 e. The van der Waals surface area contributed by atoms with Crippen LogP contribution in [0.3, 0.4) is 0 Å². The molecule has 1 aromatic heterocycles. The largest absolute Gasteiger partial charge is 0.412 e. The van der Waals surface area contributed by atoms with E-state index in [0.29, 0.717) is 17.4 Å². The van der Waals surface area contributed by atoms with Crippen molar-refractivity contribution < 1.29 is 15.3 Å². The van der Waals surface area contributed by atoms with Gasteiger partial charge in [0.1, 0.15) is 5.82 Å². The second kappa shape index (κ2) is 9.73. The quantitative estimate of drug-likeness (QED) is 0.672. The van der Waals surface area contributed by atoms with Crippen molar-refractivity contribution in [2.75, 3.05) is 20.1 Å². The number of hydrogen-bond donors (Lipinski definition) is 0. The van der Waals surface area contributed by atoms with E-state index in [0.717, 1.165) is 43.4 Å². The van der Waals surface area contributed by atoms with Gasteiger partial charge in [0, 0.05) is 11.8 Å². The van der Waals surface area contributed by atoms with Crippen LogP contribution in [0.5, 0.6) is 0 Å². The molecule has 4 N–H and O–H groups in total. The molecule has 0 spiro atoms. The zero-order valence-corrected chi connectivity index (χ0v) is 16.6. The van der Waals surface area contributed by atoms with Crippen LogP contribution in [0.25, 0.3) is 10.8 Å². The van der Waals surface area contributed by atoms with Crippen LogP contribution >= 0.6 is 0 Å². The van der Waals surface area contributed by atoms with Gasteiger partial charge in [-0.2, -0.15) is 5.10 Å². The molecule has 2 heterocycles. The van der Waals surface area contributed by atoms with Crippen LogP contribution in [0.2, 0.25) is 0 Å². The fourth-order valence-electron chi connectivity index (χ4n) is 3.94. The lowest BCUT2D eigenvalue weighted by molar-refractivity contribution is 0.334. The lowest BCUT2D eigenvalue weighted by atomic mass is 10.0. The average molecular weight is 401 g/mol. The van der Waals surface area contributed by atoms with E-state index in [1.54, 1.807) is 16.8 Å². The number of aromatic nitrogens is 2. The van der Waals surface area contributed by atoms with Crippen LogP contribution in [-0.4, -0.2) is 45.8 Å². The predicted octanol–water partition coefficient (Wildman–Crippen LogP) is 2.13. The Morgan fingerprint density at radius 3 is 2.45 bits per heavy atom. The maximum atomic E-state index is 14.2. The molecule has 0 bridgehead atoms.